The van der Waals surface area contributed by atoms with E-state index in [1.807, 2.05) is 72.8 Å². The zero-order chi connectivity index (χ0) is 30.6. The smallest absolute Gasteiger partial charge is 0.237 e. The van der Waals surface area contributed by atoms with Gasteiger partial charge in [-0.3, -0.25) is 27.1 Å². The van der Waals surface area contributed by atoms with Crippen LogP contribution in [0.1, 0.15) is 0 Å². The van der Waals surface area contributed by atoms with Gasteiger partial charge in [0.05, 0.1) is 12.4 Å². The Morgan fingerprint density at radius 3 is 1.49 bits per heavy atom. The van der Waals surface area contributed by atoms with Crippen LogP contribution in [0.15, 0.2) is 110 Å². The van der Waals surface area contributed by atoms with Crippen LogP contribution in [0.4, 0.5) is 14.7 Å². The van der Waals surface area contributed by atoms with Crippen LogP contribution in [0.3, 0.4) is 0 Å². The van der Waals surface area contributed by atoms with E-state index >= 15 is 0 Å². The summed E-state index contributed by atoms with van der Waals surface area (Å²) in [5.41, 5.74) is 7.50. The summed E-state index contributed by atoms with van der Waals surface area (Å²) in [4.78, 5) is 23.6. The summed E-state index contributed by atoms with van der Waals surface area (Å²) in [7, 11) is 0. The summed E-state index contributed by atoms with van der Waals surface area (Å²) in [6.45, 7) is 0. The summed E-state index contributed by atoms with van der Waals surface area (Å²) in [6.07, 6.45) is 8.68. The largest absolute Gasteiger partial charge is 0.292 e. The molecule has 7 N–H and O–H groups in total. The lowest BCUT2D eigenvalue weighted by molar-refractivity contribution is 0.618. The van der Waals surface area contributed by atoms with Gasteiger partial charge in [-0.2, -0.15) is 0 Å². The van der Waals surface area contributed by atoms with Crippen molar-refractivity contribution in [1.29, 1.82) is 0 Å². The number of nitrogens with two attached hydrogens (primary N) is 3. The molecule has 43 heavy (non-hydrogen) atoms. The minimum atomic E-state index is -0.527. The molecule has 6 aromatic rings. The van der Waals surface area contributed by atoms with Gasteiger partial charge in [-0.1, -0.05) is 60.7 Å². The number of benzene rings is 2. The van der Waals surface area contributed by atoms with Crippen molar-refractivity contribution >= 4 is 17.5 Å². The maximum Gasteiger partial charge on any atom is 0.237 e. The van der Waals surface area contributed by atoms with Gasteiger partial charge in [0.25, 0.3) is 0 Å². The second kappa shape index (κ2) is 15.1. The van der Waals surface area contributed by atoms with Crippen LogP contribution in [0.25, 0.3) is 44.8 Å². The number of hydrogen-bond donors (Lipinski definition) is 4. The van der Waals surface area contributed by atoms with Crippen molar-refractivity contribution < 1.29 is 8.78 Å². The Balaban J connectivity index is 0.000000186. The Bertz CT molecular complexity index is 1780. The van der Waals surface area contributed by atoms with E-state index in [2.05, 4.69) is 47.0 Å². The van der Waals surface area contributed by atoms with Crippen molar-refractivity contribution in [1.82, 2.24) is 29.9 Å². The standard InChI is InChI=1S/C15H9ClFN3.C15H12FN5.H4N2/c16-15-19-9-13(17)14(20-15)12-6-11(7-18-8-12)10-4-2-1-3-5-10;16-13-9-19-15(21-17)20-14(13)12-6-11(7-18-8-12)10-4-2-1-3-5-10;1-2/h1-9H;1-9H,17H2,(H,19,20,21);1-2H2. The molecule has 4 aromatic heterocycles. The first-order valence-corrected chi connectivity index (χ1v) is 12.9. The molecule has 0 amide bonds. The van der Waals surface area contributed by atoms with E-state index in [4.69, 9.17) is 17.4 Å². The maximum atomic E-state index is 13.9. The number of pyridine rings is 2. The van der Waals surface area contributed by atoms with Gasteiger partial charge in [-0.15, -0.1) is 0 Å². The van der Waals surface area contributed by atoms with Crippen LogP contribution >= 0.6 is 11.6 Å². The molecule has 216 valence electrons. The van der Waals surface area contributed by atoms with Gasteiger partial charge in [-0.05, 0) is 34.9 Å². The number of anilines is 1. The lowest BCUT2D eigenvalue weighted by Crippen LogP contribution is -2.11. The number of rotatable bonds is 5. The van der Waals surface area contributed by atoms with Crippen molar-refractivity contribution in [3.63, 3.8) is 0 Å². The van der Waals surface area contributed by atoms with Gasteiger partial charge >= 0.3 is 0 Å². The van der Waals surface area contributed by atoms with Crippen LogP contribution in [-0.2, 0) is 0 Å². The first kappa shape index (κ1) is 30.7. The Morgan fingerprint density at radius 1 is 0.558 bits per heavy atom. The SMILES string of the molecule is Fc1cnc(Cl)nc1-c1cncc(-c2ccccc2)c1.NN.NNc1ncc(F)c(-c2cncc(-c3ccccc3)c2)n1. The van der Waals surface area contributed by atoms with Crippen molar-refractivity contribution in [3.8, 4) is 44.8 Å². The monoisotopic (exact) mass is 598 g/mol. The van der Waals surface area contributed by atoms with Crippen LogP contribution < -0.4 is 23.0 Å². The van der Waals surface area contributed by atoms with Crippen LogP contribution in [-0.4, -0.2) is 29.9 Å². The zero-order valence-corrected chi connectivity index (χ0v) is 23.2. The second-order valence-corrected chi connectivity index (χ2v) is 8.86. The fourth-order valence-electron chi connectivity index (χ4n) is 3.90. The van der Waals surface area contributed by atoms with E-state index in [9.17, 15) is 8.78 Å². The highest BCUT2D eigenvalue weighted by atomic mass is 35.5. The number of hydrazine groups is 2. The van der Waals surface area contributed by atoms with Crippen molar-refractivity contribution in [2.24, 2.45) is 17.5 Å². The third-order valence-corrected chi connectivity index (χ3v) is 6.01. The molecule has 0 aliphatic carbocycles. The van der Waals surface area contributed by atoms with Gasteiger partial charge in [-0.25, -0.2) is 34.6 Å². The van der Waals surface area contributed by atoms with Crippen LogP contribution in [0.2, 0.25) is 5.28 Å². The molecule has 0 unspecified atom stereocenters. The number of nitrogen functional groups attached to an aromatic ring is 1. The third kappa shape index (κ3) is 7.93. The second-order valence-electron chi connectivity index (χ2n) is 8.53. The van der Waals surface area contributed by atoms with Crippen LogP contribution in [0, 0.1) is 11.6 Å². The molecule has 0 aliphatic rings. The normalized spacial score (nSPS) is 10.1. The number of nitrogens with zero attached hydrogens (tertiary/aromatic N) is 6. The Hall–Kier alpha value is -5.27. The topological polar surface area (TPSA) is 167 Å². The van der Waals surface area contributed by atoms with E-state index in [1.165, 1.54) is 0 Å². The molecule has 6 rings (SSSR count). The highest BCUT2D eigenvalue weighted by molar-refractivity contribution is 6.28. The Morgan fingerprint density at radius 2 is 1.00 bits per heavy atom. The molecule has 0 saturated heterocycles. The average Bonchev–Trinajstić information content (AvgIpc) is 3.08. The molecule has 4 heterocycles. The van der Waals surface area contributed by atoms with Crippen LogP contribution in [0.5, 0.6) is 0 Å². The van der Waals surface area contributed by atoms with Gasteiger partial charge in [0.1, 0.15) is 11.4 Å². The molecule has 0 radical (unpaired) electrons. The zero-order valence-electron chi connectivity index (χ0n) is 22.4. The predicted octanol–water partition coefficient (Wildman–Crippen LogP) is 5.45. The first-order chi connectivity index (χ1) is 21.0. The molecule has 0 atom stereocenters. The molecular formula is C30H25ClF2N10. The minimum Gasteiger partial charge on any atom is -0.292 e. The van der Waals surface area contributed by atoms with Gasteiger partial charge in [0, 0.05) is 47.0 Å². The molecule has 13 heteroatoms. The summed E-state index contributed by atoms with van der Waals surface area (Å²) in [6, 6.07) is 23.1. The van der Waals surface area contributed by atoms with Crippen molar-refractivity contribution in [2.45, 2.75) is 0 Å². The van der Waals surface area contributed by atoms with Crippen molar-refractivity contribution in [3.05, 3.63) is 127 Å². The maximum absolute atomic E-state index is 13.9. The predicted molar refractivity (Wildman–Crippen MR) is 163 cm³/mol. The first-order valence-electron chi connectivity index (χ1n) is 12.5. The van der Waals surface area contributed by atoms with Gasteiger partial charge in [0.15, 0.2) is 11.6 Å². The molecule has 0 saturated carbocycles. The van der Waals surface area contributed by atoms with Gasteiger partial charge in [0.2, 0.25) is 11.2 Å². The van der Waals surface area contributed by atoms with E-state index in [0.717, 1.165) is 34.6 Å². The Kier molecular flexibility index (Phi) is 10.8. The lowest BCUT2D eigenvalue weighted by Gasteiger charge is -2.07. The van der Waals surface area contributed by atoms with Crippen molar-refractivity contribution in [2.75, 3.05) is 5.43 Å². The fraction of sp³-hybridized carbons (Fsp3) is 0. The number of aromatic nitrogens is 6. The molecular weight excluding hydrogens is 574 g/mol. The summed E-state index contributed by atoms with van der Waals surface area (Å²) in [5.74, 6) is 12.4. The summed E-state index contributed by atoms with van der Waals surface area (Å²) in [5, 5.41) is 0.00603. The summed E-state index contributed by atoms with van der Waals surface area (Å²) < 4.78 is 27.7. The Labute approximate surface area is 250 Å². The average molecular weight is 599 g/mol. The van der Waals surface area contributed by atoms with E-state index < -0.39 is 11.6 Å². The minimum absolute atomic E-state index is 0.00603. The van der Waals surface area contributed by atoms with E-state index in [-0.39, 0.29) is 22.6 Å². The van der Waals surface area contributed by atoms with Gasteiger partial charge < -0.3 is 0 Å². The number of nitrogens with one attached hydrogen (secondary N) is 1. The lowest BCUT2D eigenvalue weighted by atomic mass is 10.0. The highest BCUT2D eigenvalue weighted by Gasteiger charge is 2.12. The third-order valence-electron chi connectivity index (χ3n) is 5.83. The molecule has 0 fully saturated rings. The molecule has 0 bridgehead atoms. The molecule has 0 aliphatic heterocycles. The molecule has 0 spiro atoms. The fourth-order valence-corrected chi connectivity index (χ4v) is 4.04. The molecule has 10 nitrogen and oxygen atoms in total. The highest BCUT2D eigenvalue weighted by Crippen LogP contribution is 2.27. The molecule has 2 aromatic carbocycles. The van der Waals surface area contributed by atoms with E-state index in [1.54, 1.807) is 24.8 Å². The number of hydrogen-bond acceptors (Lipinski definition) is 10. The number of halogens is 3. The quantitative estimate of drug-likeness (QED) is 0.114. The van der Waals surface area contributed by atoms with E-state index in [0.29, 0.717) is 11.1 Å². The summed E-state index contributed by atoms with van der Waals surface area (Å²) >= 11 is 5.71.